The standard InChI is InChI=1S/C22H28N2O4/c1-4-6-9-14-28-20-13-12-17(15-21(20)27-5-2)16-23-24-22(25)18-10-7-8-11-19(18)26-3/h7-8,10-13,15-16H,4-6,9,14H2,1-3H3,(H,24,25)/b23-16+. The van der Waals surface area contributed by atoms with Gasteiger partial charge in [-0.2, -0.15) is 5.10 Å². The normalized spacial score (nSPS) is 10.7. The van der Waals surface area contributed by atoms with Crippen molar-refractivity contribution in [2.24, 2.45) is 5.10 Å². The Balaban J connectivity index is 2.02. The highest BCUT2D eigenvalue weighted by atomic mass is 16.5. The number of hydrogen-bond acceptors (Lipinski definition) is 5. The summed E-state index contributed by atoms with van der Waals surface area (Å²) in [6.45, 7) is 5.29. The minimum absolute atomic E-state index is 0.338. The van der Waals surface area contributed by atoms with Gasteiger partial charge in [0.05, 0.1) is 32.1 Å². The number of unbranched alkanes of at least 4 members (excludes halogenated alkanes) is 2. The largest absolute Gasteiger partial charge is 0.496 e. The fourth-order valence-electron chi connectivity index (χ4n) is 2.58. The highest BCUT2D eigenvalue weighted by molar-refractivity contribution is 5.97. The maximum absolute atomic E-state index is 12.3. The molecule has 2 aromatic carbocycles. The zero-order valence-electron chi connectivity index (χ0n) is 16.7. The molecule has 0 aliphatic carbocycles. The van der Waals surface area contributed by atoms with Gasteiger partial charge in [0.2, 0.25) is 0 Å². The number of nitrogens with one attached hydrogen (secondary N) is 1. The molecule has 2 aromatic rings. The van der Waals surface area contributed by atoms with Gasteiger partial charge < -0.3 is 14.2 Å². The Morgan fingerprint density at radius 1 is 1.04 bits per heavy atom. The fraction of sp³-hybridized carbons (Fsp3) is 0.364. The van der Waals surface area contributed by atoms with E-state index in [9.17, 15) is 4.79 Å². The second-order valence-corrected chi connectivity index (χ2v) is 6.09. The molecular formula is C22H28N2O4. The monoisotopic (exact) mass is 384 g/mol. The van der Waals surface area contributed by atoms with Crippen molar-refractivity contribution in [2.75, 3.05) is 20.3 Å². The third kappa shape index (κ3) is 6.30. The van der Waals surface area contributed by atoms with E-state index < -0.39 is 0 Å². The molecule has 0 bridgehead atoms. The molecule has 6 nitrogen and oxygen atoms in total. The molecule has 2 rings (SSSR count). The average molecular weight is 384 g/mol. The van der Waals surface area contributed by atoms with Crippen molar-refractivity contribution in [1.29, 1.82) is 0 Å². The molecule has 0 aliphatic heterocycles. The SMILES string of the molecule is CCCCCOc1ccc(/C=N/NC(=O)c2ccccc2OC)cc1OCC. The van der Waals surface area contributed by atoms with Gasteiger partial charge in [-0.25, -0.2) is 5.43 Å². The number of benzene rings is 2. The maximum atomic E-state index is 12.3. The van der Waals surface area contributed by atoms with Crippen molar-refractivity contribution in [3.05, 3.63) is 53.6 Å². The second kappa shape index (κ2) is 11.6. The number of ether oxygens (including phenoxy) is 3. The minimum Gasteiger partial charge on any atom is -0.496 e. The fourth-order valence-corrected chi connectivity index (χ4v) is 2.58. The van der Waals surface area contributed by atoms with Gasteiger partial charge in [-0.05, 0) is 49.2 Å². The van der Waals surface area contributed by atoms with Crippen molar-refractivity contribution in [3.63, 3.8) is 0 Å². The van der Waals surface area contributed by atoms with Crippen molar-refractivity contribution in [3.8, 4) is 17.2 Å². The van der Waals surface area contributed by atoms with Crippen molar-refractivity contribution >= 4 is 12.1 Å². The van der Waals surface area contributed by atoms with Gasteiger partial charge in [-0.1, -0.05) is 31.9 Å². The van der Waals surface area contributed by atoms with Crippen molar-refractivity contribution in [2.45, 2.75) is 33.1 Å². The molecule has 0 heterocycles. The molecule has 0 spiro atoms. The van der Waals surface area contributed by atoms with Gasteiger partial charge in [0.15, 0.2) is 11.5 Å². The summed E-state index contributed by atoms with van der Waals surface area (Å²) in [5.41, 5.74) is 3.74. The van der Waals surface area contributed by atoms with E-state index in [-0.39, 0.29) is 5.91 Å². The molecule has 28 heavy (non-hydrogen) atoms. The Bertz CT molecular complexity index is 790. The van der Waals surface area contributed by atoms with E-state index in [0.29, 0.717) is 36.0 Å². The van der Waals surface area contributed by atoms with Crippen LogP contribution in [0.4, 0.5) is 0 Å². The van der Waals surface area contributed by atoms with E-state index in [4.69, 9.17) is 14.2 Å². The third-order valence-corrected chi connectivity index (χ3v) is 4.00. The predicted octanol–water partition coefficient (Wildman–Crippen LogP) is 4.43. The Labute approximate surface area is 166 Å². The van der Waals surface area contributed by atoms with Gasteiger partial charge in [0.1, 0.15) is 5.75 Å². The van der Waals surface area contributed by atoms with Crippen LogP contribution in [0.3, 0.4) is 0 Å². The van der Waals surface area contributed by atoms with Gasteiger partial charge in [-0.15, -0.1) is 0 Å². The molecule has 0 atom stereocenters. The Morgan fingerprint density at radius 3 is 2.61 bits per heavy atom. The number of nitrogens with zero attached hydrogens (tertiary/aromatic N) is 1. The molecule has 150 valence electrons. The molecule has 1 amide bonds. The summed E-state index contributed by atoms with van der Waals surface area (Å²) in [7, 11) is 1.52. The first-order valence-corrected chi connectivity index (χ1v) is 9.55. The quantitative estimate of drug-likeness (QED) is 0.354. The van der Waals surface area contributed by atoms with Crippen LogP contribution in [0.25, 0.3) is 0 Å². The number of hydrazone groups is 1. The van der Waals surface area contributed by atoms with Gasteiger partial charge in [0, 0.05) is 0 Å². The minimum atomic E-state index is -0.338. The van der Waals surface area contributed by atoms with Crippen LogP contribution >= 0.6 is 0 Å². The van der Waals surface area contributed by atoms with Crippen molar-refractivity contribution in [1.82, 2.24) is 5.43 Å². The highest BCUT2D eigenvalue weighted by Crippen LogP contribution is 2.28. The lowest BCUT2D eigenvalue weighted by atomic mass is 10.2. The highest BCUT2D eigenvalue weighted by Gasteiger charge is 2.10. The first-order valence-electron chi connectivity index (χ1n) is 9.55. The second-order valence-electron chi connectivity index (χ2n) is 6.09. The Morgan fingerprint density at radius 2 is 1.86 bits per heavy atom. The van der Waals surface area contributed by atoms with Gasteiger partial charge >= 0.3 is 0 Å². The lowest BCUT2D eigenvalue weighted by molar-refractivity contribution is 0.0952. The van der Waals surface area contributed by atoms with Crippen LogP contribution in [0.15, 0.2) is 47.6 Å². The molecule has 0 aromatic heterocycles. The van der Waals surface area contributed by atoms with E-state index in [1.54, 1.807) is 30.5 Å². The van der Waals surface area contributed by atoms with Gasteiger partial charge in [0.25, 0.3) is 5.91 Å². The first kappa shape index (κ1) is 21.3. The van der Waals surface area contributed by atoms with Crippen LogP contribution < -0.4 is 19.6 Å². The van der Waals surface area contributed by atoms with Crippen molar-refractivity contribution < 1.29 is 19.0 Å². The number of rotatable bonds is 11. The molecule has 1 N–H and O–H groups in total. The molecule has 0 saturated carbocycles. The number of methoxy groups -OCH3 is 1. The van der Waals surface area contributed by atoms with Crippen LogP contribution in [-0.4, -0.2) is 32.4 Å². The number of amides is 1. The molecular weight excluding hydrogens is 356 g/mol. The number of para-hydroxylation sites is 1. The summed E-state index contributed by atoms with van der Waals surface area (Å²) in [5, 5.41) is 4.03. The lowest BCUT2D eigenvalue weighted by Crippen LogP contribution is -2.18. The maximum Gasteiger partial charge on any atom is 0.275 e. The molecule has 6 heteroatoms. The number of hydrogen-bond donors (Lipinski definition) is 1. The van der Waals surface area contributed by atoms with Crippen LogP contribution in [0.1, 0.15) is 49.0 Å². The smallest absolute Gasteiger partial charge is 0.275 e. The van der Waals surface area contributed by atoms with Crippen LogP contribution in [0.2, 0.25) is 0 Å². The zero-order chi connectivity index (χ0) is 20.2. The average Bonchev–Trinajstić information content (AvgIpc) is 2.72. The Hall–Kier alpha value is -3.02. The predicted molar refractivity (Wildman–Crippen MR) is 111 cm³/mol. The molecule has 0 fully saturated rings. The van der Waals surface area contributed by atoms with E-state index in [1.165, 1.54) is 7.11 Å². The van der Waals surface area contributed by atoms with Crippen LogP contribution in [-0.2, 0) is 0 Å². The topological polar surface area (TPSA) is 69.2 Å². The van der Waals surface area contributed by atoms with Crippen LogP contribution in [0.5, 0.6) is 17.2 Å². The molecule has 0 unspecified atom stereocenters. The first-order chi connectivity index (χ1) is 13.7. The van der Waals surface area contributed by atoms with E-state index >= 15 is 0 Å². The van der Waals surface area contributed by atoms with E-state index in [2.05, 4.69) is 17.5 Å². The number of carbonyl (C=O) groups excluding carboxylic acids is 1. The molecule has 0 radical (unpaired) electrons. The summed E-state index contributed by atoms with van der Waals surface area (Å²) in [4.78, 5) is 12.3. The summed E-state index contributed by atoms with van der Waals surface area (Å²) in [5.74, 6) is 1.54. The summed E-state index contributed by atoms with van der Waals surface area (Å²) in [6, 6.07) is 12.6. The lowest BCUT2D eigenvalue weighted by Gasteiger charge is -2.12. The molecule has 0 aliphatic rings. The zero-order valence-corrected chi connectivity index (χ0v) is 16.7. The summed E-state index contributed by atoms with van der Waals surface area (Å²) < 4.78 is 16.7. The number of carbonyl (C=O) groups is 1. The van der Waals surface area contributed by atoms with Gasteiger partial charge in [-0.3, -0.25) is 4.79 Å². The van der Waals surface area contributed by atoms with E-state index in [0.717, 1.165) is 24.8 Å². The molecule has 0 saturated heterocycles. The third-order valence-electron chi connectivity index (χ3n) is 4.00. The summed E-state index contributed by atoms with van der Waals surface area (Å²) >= 11 is 0. The summed E-state index contributed by atoms with van der Waals surface area (Å²) in [6.07, 6.45) is 4.87. The van der Waals surface area contributed by atoms with E-state index in [1.807, 2.05) is 25.1 Å². The van der Waals surface area contributed by atoms with Crippen LogP contribution in [0, 0.1) is 0 Å². The Kier molecular flexibility index (Phi) is 8.85.